The van der Waals surface area contributed by atoms with Gasteiger partial charge in [-0.3, -0.25) is 0 Å². The number of thioether (sulfide) groups is 1. The predicted molar refractivity (Wildman–Crippen MR) is 56.9 cm³/mol. The summed E-state index contributed by atoms with van der Waals surface area (Å²) in [4.78, 5) is 12.1. The third kappa shape index (κ3) is 3.59. The Labute approximate surface area is 92.1 Å². The van der Waals surface area contributed by atoms with Gasteiger partial charge in [-0.2, -0.15) is 20.2 Å². The van der Waals surface area contributed by atoms with Crippen molar-refractivity contribution in [2.45, 2.75) is 12.1 Å². The van der Waals surface area contributed by atoms with Crippen molar-refractivity contribution >= 4 is 17.7 Å². The van der Waals surface area contributed by atoms with Crippen LogP contribution in [0, 0.1) is 11.3 Å². The molecule has 1 rings (SSSR count). The van der Waals surface area contributed by atoms with Gasteiger partial charge in [0.05, 0.1) is 0 Å². The van der Waals surface area contributed by atoms with Crippen molar-refractivity contribution in [1.29, 1.82) is 5.26 Å². The average molecular weight is 225 g/mol. The molecule has 6 nitrogen and oxygen atoms in total. The number of aromatic nitrogens is 3. The zero-order chi connectivity index (χ0) is 11.1. The molecule has 0 atom stereocenters. The van der Waals surface area contributed by atoms with E-state index in [1.807, 2.05) is 19.2 Å². The van der Waals surface area contributed by atoms with E-state index < -0.39 is 0 Å². The summed E-state index contributed by atoms with van der Waals surface area (Å²) >= 11 is 1.39. The first kappa shape index (κ1) is 11.5. The lowest BCUT2D eigenvalue weighted by molar-refractivity contribution is 0.333. The minimum Gasteiger partial charge on any atom is -0.448 e. The number of hydrogen-bond donors (Lipinski definition) is 1. The Balaban J connectivity index is 2.85. The molecule has 0 bridgehead atoms. The minimum absolute atomic E-state index is 0.0661. The highest BCUT2D eigenvalue weighted by atomic mass is 32.2. The summed E-state index contributed by atoms with van der Waals surface area (Å²) in [6, 6.07) is 2.03. The SMILES string of the molecule is CCNc1nc(OCC#N)nc(SC)n1. The summed E-state index contributed by atoms with van der Waals surface area (Å²) in [5.74, 6) is 0.463. The van der Waals surface area contributed by atoms with Crippen LogP contribution in [0.25, 0.3) is 0 Å². The minimum atomic E-state index is -0.0661. The highest BCUT2D eigenvalue weighted by molar-refractivity contribution is 7.98. The number of ether oxygens (including phenoxy) is 1. The molecule has 0 aliphatic carbocycles. The van der Waals surface area contributed by atoms with Crippen molar-refractivity contribution in [2.75, 3.05) is 24.7 Å². The summed E-state index contributed by atoms with van der Waals surface area (Å²) in [6.07, 6.45) is 1.86. The van der Waals surface area contributed by atoms with Crippen LogP contribution in [0.2, 0.25) is 0 Å². The third-order valence-corrected chi connectivity index (χ3v) is 1.93. The van der Waals surface area contributed by atoms with Gasteiger partial charge in [-0.1, -0.05) is 11.8 Å². The summed E-state index contributed by atoms with van der Waals surface area (Å²) < 4.78 is 5.01. The van der Waals surface area contributed by atoms with E-state index in [9.17, 15) is 0 Å². The van der Waals surface area contributed by atoms with E-state index in [0.717, 1.165) is 6.54 Å². The van der Waals surface area contributed by atoms with Crippen LogP contribution in [-0.2, 0) is 0 Å². The van der Waals surface area contributed by atoms with Crippen LogP contribution in [0.5, 0.6) is 6.01 Å². The fourth-order valence-electron chi connectivity index (χ4n) is 0.828. The number of nitrogens with one attached hydrogen (secondary N) is 1. The number of nitrogens with zero attached hydrogens (tertiary/aromatic N) is 4. The molecule has 0 fully saturated rings. The molecule has 0 saturated heterocycles. The van der Waals surface area contributed by atoms with E-state index in [1.54, 1.807) is 0 Å². The fourth-order valence-corrected chi connectivity index (χ4v) is 1.17. The molecule has 0 aliphatic rings. The molecule has 1 heterocycles. The van der Waals surface area contributed by atoms with Crippen molar-refractivity contribution < 1.29 is 4.74 Å². The topological polar surface area (TPSA) is 83.7 Å². The fraction of sp³-hybridized carbons (Fsp3) is 0.500. The van der Waals surface area contributed by atoms with Gasteiger partial charge in [0.15, 0.2) is 11.8 Å². The maximum atomic E-state index is 8.36. The molecular weight excluding hydrogens is 214 g/mol. The van der Waals surface area contributed by atoms with E-state index in [1.165, 1.54) is 11.8 Å². The zero-order valence-electron chi connectivity index (χ0n) is 8.52. The monoisotopic (exact) mass is 225 g/mol. The second-order valence-electron chi connectivity index (χ2n) is 2.41. The van der Waals surface area contributed by atoms with Gasteiger partial charge in [-0.15, -0.1) is 0 Å². The van der Waals surface area contributed by atoms with E-state index in [2.05, 4.69) is 20.3 Å². The second-order valence-corrected chi connectivity index (χ2v) is 3.18. The lowest BCUT2D eigenvalue weighted by atomic mass is 10.7. The molecule has 80 valence electrons. The van der Waals surface area contributed by atoms with Gasteiger partial charge in [0.25, 0.3) is 0 Å². The van der Waals surface area contributed by atoms with Crippen LogP contribution in [-0.4, -0.2) is 34.4 Å². The standard InChI is InChI=1S/C8H11N5OS/c1-3-10-6-11-7(14-5-4-9)13-8(12-6)15-2/h3,5H2,1-2H3,(H,10,11,12,13). The molecule has 0 aromatic carbocycles. The molecule has 0 unspecified atom stereocenters. The highest BCUT2D eigenvalue weighted by Gasteiger charge is 2.05. The normalized spacial score (nSPS) is 9.40. The molecule has 1 aromatic heterocycles. The first-order chi connectivity index (χ1) is 7.30. The number of nitriles is 1. The summed E-state index contributed by atoms with van der Waals surface area (Å²) in [5, 5.41) is 11.9. The first-order valence-corrected chi connectivity index (χ1v) is 5.56. The van der Waals surface area contributed by atoms with Gasteiger partial charge in [0.1, 0.15) is 6.07 Å². The summed E-state index contributed by atoms with van der Waals surface area (Å²) in [7, 11) is 0. The predicted octanol–water partition coefficient (Wildman–Crippen LogP) is 0.928. The van der Waals surface area contributed by atoms with Gasteiger partial charge in [-0.25, -0.2) is 0 Å². The van der Waals surface area contributed by atoms with Gasteiger partial charge in [0.2, 0.25) is 5.95 Å². The van der Waals surface area contributed by atoms with Crippen molar-refractivity contribution in [1.82, 2.24) is 15.0 Å². The van der Waals surface area contributed by atoms with Gasteiger partial charge >= 0.3 is 6.01 Å². The molecule has 1 N–H and O–H groups in total. The molecule has 1 aromatic rings. The Hall–Kier alpha value is -1.55. The molecule has 15 heavy (non-hydrogen) atoms. The van der Waals surface area contributed by atoms with Crippen LogP contribution in [0.1, 0.15) is 6.92 Å². The molecule has 0 saturated carbocycles. The Kier molecular flexibility index (Phi) is 4.63. The Morgan fingerprint density at radius 1 is 1.47 bits per heavy atom. The Morgan fingerprint density at radius 3 is 2.87 bits per heavy atom. The van der Waals surface area contributed by atoms with Gasteiger partial charge in [0, 0.05) is 6.54 Å². The van der Waals surface area contributed by atoms with Crippen LogP contribution >= 0.6 is 11.8 Å². The van der Waals surface area contributed by atoms with Crippen LogP contribution in [0.4, 0.5) is 5.95 Å². The summed E-state index contributed by atoms with van der Waals surface area (Å²) in [6.45, 7) is 2.59. The average Bonchev–Trinajstić information content (AvgIpc) is 2.26. The number of hydrogen-bond acceptors (Lipinski definition) is 7. The van der Waals surface area contributed by atoms with Gasteiger partial charge < -0.3 is 10.1 Å². The maximum absolute atomic E-state index is 8.36. The van der Waals surface area contributed by atoms with E-state index >= 15 is 0 Å². The van der Waals surface area contributed by atoms with Crippen LogP contribution in [0.15, 0.2) is 5.16 Å². The van der Waals surface area contributed by atoms with E-state index in [4.69, 9.17) is 10.00 Å². The van der Waals surface area contributed by atoms with Crippen molar-refractivity contribution in [3.8, 4) is 12.1 Å². The second kappa shape index (κ2) is 6.03. The maximum Gasteiger partial charge on any atom is 0.323 e. The van der Waals surface area contributed by atoms with Crippen molar-refractivity contribution in [3.63, 3.8) is 0 Å². The summed E-state index contributed by atoms with van der Waals surface area (Å²) in [5.41, 5.74) is 0. The third-order valence-electron chi connectivity index (χ3n) is 1.38. The molecule has 7 heteroatoms. The van der Waals surface area contributed by atoms with Crippen molar-refractivity contribution in [2.24, 2.45) is 0 Å². The zero-order valence-corrected chi connectivity index (χ0v) is 9.34. The molecular formula is C8H11N5OS. The molecule has 0 aliphatic heterocycles. The Bertz CT molecular complexity index is 365. The van der Waals surface area contributed by atoms with Crippen LogP contribution < -0.4 is 10.1 Å². The van der Waals surface area contributed by atoms with Crippen molar-refractivity contribution in [3.05, 3.63) is 0 Å². The lowest BCUT2D eigenvalue weighted by Gasteiger charge is -2.05. The smallest absolute Gasteiger partial charge is 0.323 e. The molecule has 0 radical (unpaired) electrons. The van der Waals surface area contributed by atoms with E-state index in [-0.39, 0.29) is 12.6 Å². The Morgan fingerprint density at radius 2 is 2.27 bits per heavy atom. The first-order valence-electron chi connectivity index (χ1n) is 4.33. The molecule has 0 spiro atoms. The number of anilines is 1. The van der Waals surface area contributed by atoms with Gasteiger partial charge in [-0.05, 0) is 13.2 Å². The molecule has 0 amide bonds. The quantitative estimate of drug-likeness (QED) is 0.746. The lowest BCUT2D eigenvalue weighted by Crippen LogP contribution is -2.07. The number of rotatable bonds is 5. The largest absolute Gasteiger partial charge is 0.448 e. The van der Waals surface area contributed by atoms with E-state index in [0.29, 0.717) is 11.1 Å². The highest BCUT2D eigenvalue weighted by Crippen LogP contribution is 2.14. The van der Waals surface area contributed by atoms with Crippen LogP contribution in [0.3, 0.4) is 0 Å².